The SMILES string of the molecule is Cc1csc(C(NC(C)C)c2ccc(OC(C)C)cc2)n1. The molecule has 1 aromatic carbocycles. The van der Waals surface area contributed by atoms with Crippen molar-refractivity contribution in [3.8, 4) is 5.75 Å². The molecule has 1 aromatic heterocycles. The average molecular weight is 304 g/mol. The highest BCUT2D eigenvalue weighted by molar-refractivity contribution is 7.09. The first-order valence-electron chi connectivity index (χ1n) is 7.40. The van der Waals surface area contributed by atoms with Gasteiger partial charge < -0.3 is 10.1 Å². The molecular formula is C17H24N2OS. The molecule has 0 saturated heterocycles. The van der Waals surface area contributed by atoms with E-state index >= 15 is 0 Å². The molecule has 2 aromatic rings. The fraction of sp³-hybridized carbons (Fsp3) is 0.471. The fourth-order valence-corrected chi connectivity index (χ4v) is 3.04. The van der Waals surface area contributed by atoms with Gasteiger partial charge in [-0.1, -0.05) is 12.1 Å². The van der Waals surface area contributed by atoms with Crippen molar-refractivity contribution in [1.82, 2.24) is 10.3 Å². The molecule has 1 unspecified atom stereocenters. The van der Waals surface area contributed by atoms with E-state index in [2.05, 4.69) is 41.7 Å². The third-order valence-corrected chi connectivity index (χ3v) is 4.00. The second kappa shape index (κ2) is 7.05. The van der Waals surface area contributed by atoms with Gasteiger partial charge in [-0.15, -0.1) is 11.3 Å². The maximum atomic E-state index is 5.71. The highest BCUT2D eigenvalue weighted by Gasteiger charge is 2.18. The van der Waals surface area contributed by atoms with Crippen molar-refractivity contribution in [2.45, 2.75) is 52.8 Å². The number of aromatic nitrogens is 1. The van der Waals surface area contributed by atoms with Gasteiger partial charge in [0.25, 0.3) is 0 Å². The van der Waals surface area contributed by atoms with Crippen LogP contribution in [0.3, 0.4) is 0 Å². The number of rotatable bonds is 6. The number of nitrogens with one attached hydrogen (secondary N) is 1. The molecule has 0 fully saturated rings. The Balaban J connectivity index is 2.24. The van der Waals surface area contributed by atoms with E-state index in [9.17, 15) is 0 Å². The van der Waals surface area contributed by atoms with Crippen molar-refractivity contribution < 1.29 is 4.74 Å². The number of nitrogens with zero attached hydrogens (tertiary/aromatic N) is 1. The van der Waals surface area contributed by atoms with E-state index in [-0.39, 0.29) is 12.1 Å². The molecule has 114 valence electrons. The third kappa shape index (κ3) is 4.55. The molecule has 4 heteroatoms. The Kier molecular flexibility index (Phi) is 5.37. The van der Waals surface area contributed by atoms with E-state index in [4.69, 9.17) is 4.74 Å². The summed E-state index contributed by atoms with van der Waals surface area (Å²) in [5.41, 5.74) is 2.29. The van der Waals surface area contributed by atoms with Gasteiger partial charge in [0.2, 0.25) is 0 Å². The van der Waals surface area contributed by atoms with Gasteiger partial charge in [-0.2, -0.15) is 0 Å². The summed E-state index contributed by atoms with van der Waals surface area (Å²) in [4.78, 5) is 4.64. The van der Waals surface area contributed by atoms with Gasteiger partial charge >= 0.3 is 0 Å². The summed E-state index contributed by atoms with van der Waals surface area (Å²) in [6.45, 7) is 10.4. The normalized spacial score (nSPS) is 12.9. The summed E-state index contributed by atoms with van der Waals surface area (Å²) in [6.07, 6.45) is 0.196. The monoisotopic (exact) mass is 304 g/mol. The molecule has 3 nitrogen and oxygen atoms in total. The zero-order chi connectivity index (χ0) is 15.4. The zero-order valence-electron chi connectivity index (χ0n) is 13.4. The van der Waals surface area contributed by atoms with Gasteiger partial charge in [0.15, 0.2) is 0 Å². The highest BCUT2D eigenvalue weighted by Crippen LogP contribution is 2.27. The van der Waals surface area contributed by atoms with E-state index < -0.39 is 0 Å². The number of aryl methyl sites for hydroxylation is 1. The molecule has 0 bridgehead atoms. The predicted octanol–water partition coefficient (Wildman–Crippen LogP) is 4.33. The number of hydrogen-bond donors (Lipinski definition) is 1. The Labute approximate surface area is 131 Å². The second-order valence-corrected chi connectivity index (χ2v) is 6.71. The molecule has 0 aliphatic carbocycles. The molecular weight excluding hydrogens is 280 g/mol. The van der Waals surface area contributed by atoms with Crippen LogP contribution in [0.2, 0.25) is 0 Å². The van der Waals surface area contributed by atoms with Crippen molar-refractivity contribution in [1.29, 1.82) is 0 Å². The summed E-state index contributed by atoms with van der Waals surface area (Å²) in [6, 6.07) is 8.83. The Morgan fingerprint density at radius 1 is 1.10 bits per heavy atom. The lowest BCUT2D eigenvalue weighted by Gasteiger charge is -2.20. The van der Waals surface area contributed by atoms with Crippen molar-refractivity contribution in [2.24, 2.45) is 0 Å². The largest absolute Gasteiger partial charge is 0.491 e. The first-order valence-corrected chi connectivity index (χ1v) is 8.28. The smallest absolute Gasteiger partial charge is 0.119 e. The number of ether oxygens (including phenoxy) is 1. The summed E-state index contributed by atoms with van der Waals surface area (Å²) in [7, 11) is 0. The number of hydrogen-bond acceptors (Lipinski definition) is 4. The zero-order valence-corrected chi connectivity index (χ0v) is 14.2. The standard InChI is InChI=1S/C17H24N2OS/c1-11(2)18-16(17-19-13(5)10-21-17)14-6-8-15(9-7-14)20-12(3)4/h6-12,16,18H,1-5H3. The predicted molar refractivity (Wildman–Crippen MR) is 89.2 cm³/mol. The van der Waals surface area contributed by atoms with Crippen LogP contribution in [0.4, 0.5) is 0 Å². The lowest BCUT2D eigenvalue weighted by atomic mass is 10.1. The Morgan fingerprint density at radius 2 is 1.76 bits per heavy atom. The Morgan fingerprint density at radius 3 is 2.24 bits per heavy atom. The Bertz CT molecular complexity index is 560. The van der Waals surface area contributed by atoms with Gasteiger partial charge in [0, 0.05) is 17.1 Å². The van der Waals surface area contributed by atoms with E-state index in [1.807, 2.05) is 32.9 Å². The van der Waals surface area contributed by atoms with Crippen LogP contribution in [0, 0.1) is 6.92 Å². The van der Waals surface area contributed by atoms with E-state index in [1.165, 1.54) is 5.56 Å². The quantitative estimate of drug-likeness (QED) is 0.862. The molecule has 1 atom stereocenters. The molecule has 0 aliphatic heterocycles. The van der Waals surface area contributed by atoms with Gasteiger partial charge in [0.05, 0.1) is 12.1 Å². The molecule has 21 heavy (non-hydrogen) atoms. The second-order valence-electron chi connectivity index (χ2n) is 5.82. The molecule has 2 rings (SSSR count). The minimum Gasteiger partial charge on any atom is -0.491 e. The van der Waals surface area contributed by atoms with Crippen LogP contribution in [-0.2, 0) is 0 Å². The van der Waals surface area contributed by atoms with Crippen LogP contribution in [0.1, 0.15) is 50.0 Å². The van der Waals surface area contributed by atoms with E-state index in [0.717, 1.165) is 16.5 Å². The van der Waals surface area contributed by atoms with Crippen molar-refractivity contribution in [3.63, 3.8) is 0 Å². The highest BCUT2D eigenvalue weighted by atomic mass is 32.1. The fourth-order valence-electron chi connectivity index (χ4n) is 2.16. The van der Waals surface area contributed by atoms with Crippen molar-refractivity contribution in [3.05, 3.63) is 45.9 Å². The molecule has 0 spiro atoms. The van der Waals surface area contributed by atoms with Crippen LogP contribution >= 0.6 is 11.3 Å². The molecule has 1 heterocycles. The molecule has 0 saturated carbocycles. The summed E-state index contributed by atoms with van der Waals surface area (Å²) in [5, 5.41) is 6.80. The van der Waals surface area contributed by atoms with Crippen LogP contribution in [0.5, 0.6) is 5.75 Å². The summed E-state index contributed by atoms with van der Waals surface area (Å²) < 4.78 is 5.71. The molecule has 0 radical (unpaired) electrons. The van der Waals surface area contributed by atoms with Gasteiger partial charge in [-0.3, -0.25) is 0 Å². The van der Waals surface area contributed by atoms with Gasteiger partial charge in [-0.05, 0) is 52.3 Å². The van der Waals surface area contributed by atoms with E-state index in [0.29, 0.717) is 6.04 Å². The summed E-state index contributed by atoms with van der Waals surface area (Å²) in [5.74, 6) is 0.910. The summed E-state index contributed by atoms with van der Waals surface area (Å²) >= 11 is 1.70. The first-order chi connectivity index (χ1) is 9.95. The number of thiazole rings is 1. The lowest BCUT2D eigenvalue weighted by molar-refractivity contribution is 0.242. The topological polar surface area (TPSA) is 34.1 Å². The lowest BCUT2D eigenvalue weighted by Crippen LogP contribution is -2.28. The maximum Gasteiger partial charge on any atom is 0.119 e. The maximum absolute atomic E-state index is 5.71. The molecule has 1 N–H and O–H groups in total. The molecule has 0 aliphatic rings. The first kappa shape index (κ1) is 16.0. The number of benzene rings is 1. The van der Waals surface area contributed by atoms with Crippen LogP contribution < -0.4 is 10.1 Å². The average Bonchev–Trinajstić information content (AvgIpc) is 2.83. The Hall–Kier alpha value is -1.39. The molecule has 0 amide bonds. The van der Waals surface area contributed by atoms with E-state index in [1.54, 1.807) is 11.3 Å². The van der Waals surface area contributed by atoms with Crippen molar-refractivity contribution >= 4 is 11.3 Å². The van der Waals surface area contributed by atoms with Gasteiger partial charge in [-0.25, -0.2) is 4.98 Å². The van der Waals surface area contributed by atoms with Crippen LogP contribution in [0.15, 0.2) is 29.6 Å². The van der Waals surface area contributed by atoms with Crippen LogP contribution in [-0.4, -0.2) is 17.1 Å². The van der Waals surface area contributed by atoms with Crippen LogP contribution in [0.25, 0.3) is 0 Å². The minimum atomic E-state index is 0.136. The van der Waals surface area contributed by atoms with Crippen molar-refractivity contribution in [2.75, 3.05) is 0 Å². The minimum absolute atomic E-state index is 0.136. The van der Waals surface area contributed by atoms with Gasteiger partial charge in [0.1, 0.15) is 10.8 Å². The third-order valence-electron chi connectivity index (χ3n) is 2.97.